The van der Waals surface area contributed by atoms with Gasteiger partial charge >= 0.3 is 78.2 Å². The van der Waals surface area contributed by atoms with E-state index in [4.69, 9.17) is 18.6 Å². The summed E-state index contributed by atoms with van der Waals surface area (Å²) in [4.78, 5) is 0. The van der Waals surface area contributed by atoms with Crippen molar-refractivity contribution in [2.75, 3.05) is 0 Å². The van der Waals surface area contributed by atoms with Crippen molar-refractivity contribution >= 4 is 34.9 Å². The van der Waals surface area contributed by atoms with Crippen LogP contribution in [-0.2, 0) is 13.0 Å². The van der Waals surface area contributed by atoms with Crippen LogP contribution in [0.1, 0.15) is 0 Å². The summed E-state index contributed by atoms with van der Waals surface area (Å²) >= 11 is -1.41. The Morgan fingerprint density at radius 2 is 1.70 bits per heavy atom. The van der Waals surface area contributed by atoms with Gasteiger partial charge in [-0.3, -0.25) is 0 Å². The molecule has 10 heavy (non-hydrogen) atoms. The molecule has 1 aromatic rings. The Bertz CT molecular complexity index is 231. The molecule has 1 aromatic carbocycles. The van der Waals surface area contributed by atoms with Crippen LogP contribution < -0.4 is 4.43 Å². The quantitative estimate of drug-likeness (QED) is 0.637. The maximum atomic E-state index is 5.78. The van der Waals surface area contributed by atoms with Crippen molar-refractivity contribution in [2.45, 2.75) is 0 Å². The Balaban J connectivity index is 2.87. The molecule has 4 heteroatoms. The zero-order chi connectivity index (χ0) is 7.40. The SMILES string of the molecule is [Cl][Ti]([Cl])=[Al][c]1ccccc1. The monoisotopic (exact) mass is 222 g/mol. The fraction of sp³-hybridized carbons (Fsp3) is 0. The average Bonchev–Trinajstić information content (AvgIpc) is 1.88. The van der Waals surface area contributed by atoms with Crippen molar-refractivity contribution in [1.82, 2.24) is 0 Å². The third-order valence-electron chi connectivity index (χ3n) is 1.08. The Morgan fingerprint density at radius 3 is 2.20 bits per heavy atom. The molecule has 0 aliphatic rings. The first kappa shape index (κ1) is 9.14. The van der Waals surface area contributed by atoms with Gasteiger partial charge in [0.1, 0.15) is 0 Å². The van der Waals surface area contributed by atoms with Crippen LogP contribution in [-0.4, -0.2) is 11.9 Å². The van der Waals surface area contributed by atoms with E-state index in [9.17, 15) is 0 Å². The third-order valence-corrected chi connectivity index (χ3v) is 7.29. The van der Waals surface area contributed by atoms with Gasteiger partial charge in [-0.25, -0.2) is 0 Å². The van der Waals surface area contributed by atoms with Crippen molar-refractivity contribution in [2.24, 2.45) is 0 Å². The van der Waals surface area contributed by atoms with Gasteiger partial charge in [0.15, 0.2) is 0 Å². The second kappa shape index (κ2) is 4.83. The van der Waals surface area contributed by atoms with Gasteiger partial charge in [-0.05, 0) is 0 Å². The van der Waals surface area contributed by atoms with Crippen LogP contribution in [0, 0.1) is 0 Å². The summed E-state index contributed by atoms with van der Waals surface area (Å²) < 4.78 is 1.34. The molecule has 0 fully saturated rings. The summed E-state index contributed by atoms with van der Waals surface area (Å²) in [6.07, 6.45) is 0. The molecular formula is C6H5AlCl2Ti. The zero-order valence-electron chi connectivity index (χ0n) is 5.22. The summed E-state index contributed by atoms with van der Waals surface area (Å²) in [6.45, 7) is 0. The molecule has 0 amide bonds. The van der Waals surface area contributed by atoms with Crippen molar-refractivity contribution in [1.29, 1.82) is 0 Å². The molecule has 0 bridgehead atoms. The Labute approximate surface area is 77.5 Å². The average molecular weight is 223 g/mol. The first-order chi connectivity index (χ1) is 4.79. The van der Waals surface area contributed by atoms with Gasteiger partial charge in [-0.2, -0.15) is 0 Å². The van der Waals surface area contributed by atoms with E-state index in [0.717, 1.165) is 0 Å². The van der Waals surface area contributed by atoms with Gasteiger partial charge in [0, 0.05) is 0 Å². The first-order valence-corrected chi connectivity index (χ1v) is 11.0. The predicted molar refractivity (Wildman–Crippen MR) is 43.5 cm³/mol. The molecule has 0 aliphatic carbocycles. The maximum absolute atomic E-state index is 5.78. The Kier molecular flexibility index (Phi) is 4.41. The van der Waals surface area contributed by atoms with E-state index < -0.39 is 13.0 Å². The number of rotatable bonds is 1. The molecule has 50 valence electrons. The summed E-state index contributed by atoms with van der Waals surface area (Å²) in [6, 6.07) is 10.2. The fourth-order valence-electron chi connectivity index (χ4n) is 0.675. The Hall–Kier alpha value is 1.05. The van der Waals surface area contributed by atoms with E-state index in [1.807, 2.05) is 18.2 Å². The van der Waals surface area contributed by atoms with Crippen LogP contribution in [0.4, 0.5) is 0 Å². The van der Waals surface area contributed by atoms with E-state index in [2.05, 4.69) is 12.1 Å². The van der Waals surface area contributed by atoms with E-state index in [-0.39, 0.29) is 11.9 Å². The molecule has 0 atom stereocenters. The number of hydrogen-bond donors (Lipinski definition) is 0. The summed E-state index contributed by atoms with van der Waals surface area (Å²) in [5.74, 6) is 0. The van der Waals surface area contributed by atoms with Crippen molar-refractivity contribution in [3.63, 3.8) is 0 Å². The molecule has 0 heterocycles. The van der Waals surface area contributed by atoms with Crippen LogP contribution >= 0.6 is 18.6 Å². The normalized spacial score (nSPS) is 8.60. The van der Waals surface area contributed by atoms with E-state index in [1.165, 1.54) is 4.43 Å². The first-order valence-electron chi connectivity index (χ1n) is 2.87. The number of benzene rings is 1. The van der Waals surface area contributed by atoms with E-state index in [1.54, 1.807) is 0 Å². The van der Waals surface area contributed by atoms with Crippen molar-refractivity contribution in [3.8, 4) is 0 Å². The summed E-state index contributed by atoms with van der Waals surface area (Å²) in [5, 5.41) is 0. The molecule has 0 unspecified atom stereocenters. The zero-order valence-corrected chi connectivity index (χ0v) is 9.45. The Morgan fingerprint density at radius 1 is 1.10 bits per heavy atom. The van der Waals surface area contributed by atoms with Crippen LogP contribution in [0.2, 0.25) is 0 Å². The third kappa shape index (κ3) is 3.44. The van der Waals surface area contributed by atoms with Crippen molar-refractivity contribution < 1.29 is 13.0 Å². The van der Waals surface area contributed by atoms with Gasteiger partial charge in [0.2, 0.25) is 0 Å². The fourth-order valence-corrected chi connectivity index (χ4v) is 6.54. The molecule has 1 rings (SSSR count). The molecule has 0 N–H and O–H groups in total. The van der Waals surface area contributed by atoms with Crippen LogP contribution in [0.5, 0.6) is 0 Å². The van der Waals surface area contributed by atoms with Gasteiger partial charge in [0.25, 0.3) is 0 Å². The second-order valence-electron chi connectivity index (χ2n) is 1.84. The molecule has 0 saturated carbocycles. The van der Waals surface area contributed by atoms with Gasteiger partial charge in [-0.1, -0.05) is 0 Å². The molecule has 0 nitrogen and oxygen atoms in total. The minimum absolute atomic E-state index is 0.190. The molecular weight excluding hydrogens is 218 g/mol. The minimum atomic E-state index is -1.60. The number of hydrogen-bond acceptors (Lipinski definition) is 0. The summed E-state index contributed by atoms with van der Waals surface area (Å²) in [7, 11) is 11.6. The topological polar surface area (TPSA) is 0 Å². The molecule has 0 saturated heterocycles. The van der Waals surface area contributed by atoms with Gasteiger partial charge in [-0.15, -0.1) is 0 Å². The molecule has 0 spiro atoms. The molecule has 0 aromatic heterocycles. The molecule has 0 radical (unpaired) electrons. The van der Waals surface area contributed by atoms with Crippen LogP contribution in [0.25, 0.3) is 0 Å². The van der Waals surface area contributed by atoms with Crippen molar-refractivity contribution in [3.05, 3.63) is 30.3 Å². The number of halogens is 2. The summed E-state index contributed by atoms with van der Waals surface area (Å²) in [5.41, 5.74) is 0. The van der Waals surface area contributed by atoms with Crippen LogP contribution in [0.15, 0.2) is 30.3 Å². The predicted octanol–water partition coefficient (Wildman–Crippen LogP) is 1.86. The van der Waals surface area contributed by atoms with Crippen LogP contribution in [0.3, 0.4) is 0 Å². The van der Waals surface area contributed by atoms with Gasteiger partial charge < -0.3 is 0 Å². The second-order valence-corrected chi connectivity index (χ2v) is 14.6. The van der Waals surface area contributed by atoms with E-state index in [0.29, 0.717) is 0 Å². The van der Waals surface area contributed by atoms with Gasteiger partial charge in [0.05, 0.1) is 0 Å². The molecule has 0 aliphatic heterocycles. The standard InChI is InChI=1S/C6H5.Al.2ClH.Ti/c1-2-4-6-5-3-1;;;;/h1-5H;;2*1H;/q;;;;+2/p-2. The van der Waals surface area contributed by atoms with E-state index >= 15 is 0 Å².